The molecule has 0 saturated heterocycles. The first-order chi connectivity index (χ1) is 25.1. The first-order valence-electron chi connectivity index (χ1n) is 18.4. The molecule has 3 nitrogen and oxygen atoms in total. The second-order valence-corrected chi connectivity index (χ2v) is 21.5. The molecule has 0 saturated carbocycles. The van der Waals surface area contributed by atoms with Crippen LogP contribution in [0.5, 0.6) is 0 Å². The monoisotopic (exact) mass is 906 g/mol. The van der Waals surface area contributed by atoms with E-state index in [0.717, 1.165) is 52.2 Å². The molecule has 3 aromatic heterocycles. The third-order valence-corrected chi connectivity index (χ3v) is 12.4. The van der Waals surface area contributed by atoms with Crippen LogP contribution >= 0.6 is 11.3 Å². The Bertz CT molecular complexity index is 2470. The zero-order valence-electron chi connectivity index (χ0n) is 31.7. The average Bonchev–Trinajstić information content (AvgIpc) is 3.72. The van der Waals surface area contributed by atoms with Crippen molar-refractivity contribution in [3.63, 3.8) is 0 Å². The van der Waals surface area contributed by atoms with E-state index in [9.17, 15) is 0 Å². The summed E-state index contributed by atoms with van der Waals surface area (Å²) in [4.78, 5) is 9.80. The minimum atomic E-state index is -1.34. The molecular formula is C47H47IrN3SSi-2. The minimum Gasteiger partial charge on any atom is -0.333 e. The molecule has 0 aliphatic carbocycles. The summed E-state index contributed by atoms with van der Waals surface area (Å²) in [6.07, 6.45) is 4.31. The summed E-state index contributed by atoms with van der Waals surface area (Å²) in [7, 11) is -1.34. The molecule has 0 unspecified atom stereocenters. The number of imidazole rings is 1. The molecule has 6 heteroatoms. The minimum absolute atomic E-state index is 0. The maximum Gasteiger partial charge on any atom is 0.0798 e. The molecule has 53 heavy (non-hydrogen) atoms. The second-order valence-electron chi connectivity index (χ2n) is 15.6. The van der Waals surface area contributed by atoms with Gasteiger partial charge in [-0.3, -0.25) is 16.3 Å². The quantitative estimate of drug-likeness (QED) is 0.112. The van der Waals surface area contributed by atoms with Crippen molar-refractivity contribution in [1.29, 1.82) is 0 Å². The van der Waals surface area contributed by atoms with E-state index < -0.39 is 8.07 Å². The van der Waals surface area contributed by atoms with Gasteiger partial charge in [0.05, 0.1) is 24.9 Å². The van der Waals surface area contributed by atoms with Gasteiger partial charge in [-0.1, -0.05) is 141 Å². The van der Waals surface area contributed by atoms with Gasteiger partial charge in [-0.2, -0.15) is 0 Å². The maximum absolute atomic E-state index is 5.12. The molecule has 0 N–H and O–H groups in total. The summed E-state index contributed by atoms with van der Waals surface area (Å²) >= 11 is 1.68. The fourth-order valence-electron chi connectivity index (χ4n) is 7.11. The predicted octanol–water partition coefficient (Wildman–Crippen LogP) is 12.3. The Labute approximate surface area is 333 Å². The molecule has 271 valence electrons. The van der Waals surface area contributed by atoms with Gasteiger partial charge in [-0.15, -0.1) is 47.3 Å². The summed E-state index contributed by atoms with van der Waals surface area (Å²) in [6, 6.07) is 43.9. The van der Waals surface area contributed by atoms with Crippen LogP contribution in [0.3, 0.4) is 0 Å². The van der Waals surface area contributed by atoms with Crippen LogP contribution in [0.15, 0.2) is 121 Å². The number of hydrogen-bond acceptors (Lipinski definition) is 3. The topological polar surface area (TPSA) is 30.7 Å². The zero-order chi connectivity index (χ0) is 36.4. The maximum atomic E-state index is 5.12. The summed E-state index contributed by atoms with van der Waals surface area (Å²) in [5.74, 6) is 2.24. The Morgan fingerprint density at radius 3 is 2.25 bits per heavy atom. The van der Waals surface area contributed by atoms with E-state index in [1.807, 2.05) is 18.2 Å². The van der Waals surface area contributed by atoms with Crippen LogP contribution in [0.25, 0.3) is 60.2 Å². The Morgan fingerprint density at radius 2 is 1.49 bits per heavy atom. The standard InChI is InChI=1S/C29H23N2S.C18H24NSi.Ir/c1-19(2)16-20-14-15-28-23(17-20)24(18-32-28)29-30-25-11-5-6-12-27(25)31(29)26-13-7-9-21-8-3-4-10-22(21)26;1-14(2)11-16-12-17(15-9-7-6-8-10-15)19-13-18(16)20(3,4)5;/h3-15,17,19H,16H2,1-2H3;6-9,12-14H,11H2,1-5H3;/q2*-1;. The fourth-order valence-corrected chi connectivity index (χ4v) is 9.52. The van der Waals surface area contributed by atoms with E-state index in [0.29, 0.717) is 11.8 Å². The molecule has 1 radical (unpaired) electrons. The second kappa shape index (κ2) is 16.4. The van der Waals surface area contributed by atoms with Crippen molar-refractivity contribution < 1.29 is 20.1 Å². The molecule has 0 fully saturated rings. The molecule has 5 aromatic carbocycles. The van der Waals surface area contributed by atoms with Crippen LogP contribution in [0.1, 0.15) is 38.8 Å². The van der Waals surface area contributed by atoms with E-state index in [1.54, 1.807) is 11.3 Å². The molecule has 0 spiro atoms. The largest absolute Gasteiger partial charge is 0.333 e. The van der Waals surface area contributed by atoms with Crippen LogP contribution in [-0.2, 0) is 32.9 Å². The summed E-state index contributed by atoms with van der Waals surface area (Å²) in [5, 5.41) is 8.77. The number of fused-ring (bicyclic) bond motifs is 3. The molecule has 8 aromatic rings. The van der Waals surface area contributed by atoms with Crippen LogP contribution in [0.2, 0.25) is 19.6 Å². The van der Waals surface area contributed by atoms with E-state index in [-0.39, 0.29) is 20.1 Å². The number of thiophene rings is 1. The van der Waals surface area contributed by atoms with Crippen molar-refractivity contribution in [2.45, 2.75) is 60.2 Å². The van der Waals surface area contributed by atoms with Crippen molar-refractivity contribution >= 4 is 56.5 Å². The summed E-state index contributed by atoms with van der Waals surface area (Å²) in [5.41, 5.74) is 9.32. The van der Waals surface area contributed by atoms with Crippen LogP contribution < -0.4 is 5.19 Å². The molecule has 0 aliphatic rings. The Balaban J connectivity index is 0.000000199. The van der Waals surface area contributed by atoms with Gasteiger partial charge >= 0.3 is 0 Å². The predicted molar refractivity (Wildman–Crippen MR) is 227 cm³/mol. The number of pyridine rings is 1. The first kappa shape index (κ1) is 38.5. The molecule has 0 atom stereocenters. The number of hydrogen-bond donors (Lipinski definition) is 0. The fraction of sp³-hybridized carbons (Fsp3) is 0.234. The van der Waals surface area contributed by atoms with Crippen molar-refractivity contribution in [3.05, 3.63) is 144 Å². The number of para-hydroxylation sites is 2. The van der Waals surface area contributed by atoms with Gasteiger partial charge in [0.1, 0.15) is 0 Å². The summed E-state index contributed by atoms with van der Waals surface area (Å²) < 4.78 is 3.56. The van der Waals surface area contributed by atoms with Crippen LogP contribution in [-0.4, -0.2) is 22.6 Å². The van der Waals surface area contributed by atoms with Crippen molar-refractivity contribution in [2.24, 2.45) is 11.8 Å². The smallest absolute Gasteiger partial charge is 0.0798 e. The number of benzene rings is 5. The van der Waals surface area contributed by atoms with E-state index in [2.05, 4.69) is 172 Å². The molecular weight excluding hydrogens is 859 g/mol. The van der Waals surface area contributed by atoms with Crippen molar-refractivity contribution in [2.75, 3.05) is 0 Å². The van der Waals surface area contributed by atoms with Crippen molar-refractivity contribution in [1.82, 2.24) is 14.5 Å². The molecule has 0 amide bonds. The SMILES string of the molecule is CC(C)Cc1cc(-c2[c-]cccc2)ncc1[Si](C)(C)C.CC(C)Cc1ccc2s[c-]c(-c3nc4ccccc4n3-c3cccc4ccccc34)c2c1.[Ir]. The van der Waals surface area contributed by atoms with Gasteiger partial charge < -0.3 is 9.55 Å². The van der Waals surface area contributed by atoms with Crippen LogP contribution in [0, 0.1) is 23.3 Å². The van der Waals surface area contributed by atoms with Crippen LogP contribution in [0.4, 0.5) is 0 Å². The third-order valence-electron chi connectivity index (χ3n) is 9.42. The normalized spacial score (nSPS) is 11.6. The van der Waals surface area contributed by atoms with Gasteiger partial charge in [0.25, 0.3) is 0 Å². The Hall–Kier alpha value is -4.19. The Morgan fingerprint density at radius 1 is 0.755 bits per heavy atom. The molecule has 3 heterocycles. The molecule has 0 aliphatic heterocycles. The van der Waals surface area contributed by atoms with E-state index in [4.69, 9.17) is 4.98 Å². The molecule has 8 rings (SSSR count). The van der Waals surface area contributed by atoms with Gasteiger partial charge in [0.15, 0.2) is 0 Å². The van der Waals surface area contributed by atoms with Gasteiger partial charge in [0, 0.05) is 37.4 Å². The average molecular weight is 906 g/mol. The van der Waals surface area contributed by atoms with Gasteiger partial charge in [-0.25, -0.2) is 0 Å². The van der Waals surface area contributed by atoms with E-state index >= 15 is 0 Å². The number of aromatic nitrogens is 3. The number of nitrogens with zero attached hydrogens (tertiary/aromatic N) is 3. The Kier molecular flexibility index (Phi) is 12.0. The van der Waals surface area contributed by atoms with E-state index in [1.165, 1.54) is 37.2 Å². The van der Waals surface area contributed by atoms with Crippen molar-refractivity contribution in [3.8, 4) is 28.3 Å². The first-order valence-corrected chi connectivity index (χ1v) is 22.7. The zero-order valence-corrected chi connectivity index (χ0v) is 35.9. The van der Waals surface area contributed by atoms with Gasteiger partial charge in [0.2, 0.25) is 0 Å². The third kappa shape index (κ3) is 8.47. The molecule has 0 bridgehead atoms. The van der Waals surface area contributed by atoms with Gasteiger partial charge in [-0.05, 0) is 59.1 Å². The number of rotatable bonds is 8. The summed E-state index contributed by atoms with van der Waals surface area (Å²) in [6.45, 7) is 16.3.